The van der Waals surface area contributed by atoms with E-state index < -0.39 is 0 Å². The Morgan fingerprint density at radius 1 is 1.35 bits per heavy atom. The van der Waals surface area contributed by atoms with Gasteiger partial charge in [-0.3, -0.25) is 4.98 Å². The second-order valence-corrected chi connectivity index (χ2v) is 5.25. The van der Waals surface area contributed by atoms with Gasteiger partial charge in [-0.2, -0.15) is 0 Å². The molecule has 0 amide bonds. The minimum Gasteiger partial charge on any atom is -0.310 e. The standard InChI is InChI=1S/C15H24N2/c1-4-10-16-15(13-6-5-7-13)14-9-8-11(2)17-12(14)3/h8-9,13,15-16H,4-7,10H2,1-3H3. The van der Waals surface area contributed by atoms with Crippen molar-refractivity contribution in [3.8, 4) is 0 Å². The highest BCUT2D eigenvalue weighted by Gasteiger charge is 2.29. The van der Waals surface area contributed by atoms with E-state index in [0.29, 0.717) is 6.04 Å². The molecule has 0 radical (unpaired) electrons. The zero-order valence-corrected chi connectivity index (χ0v) is 11.3. The number of rotatable bonds is 5. The molecule has 2 heteroatoms. The van der Waals surface area contributed by atoms with Gasteiger partial charge in [0.15, 0.2) is 0 Å². The lowest BCUT2D eigenvalue weighted by molar-refractivity contribution is 0.230. The monoisotopic (exact) mass is 232 g/mol. The maximum Gasteiger partial charge on any atom is 0.0423 e. The number of nitrogens with zero attached hydrogens (tertiary/aromatic N) is 1. The molecule has 17 heavy (non-hydrogen) atoms. The molecule has 94 valence electrons. The lowest BCUT2D eigenvalue weighted by Gasteiger charge is -2.35. The Morgan fingerprint density at radius 2 is 2.12 bits per heavy atom. The summed E-state index contributed by atoms with van der Waals surface area (Å²) in [6.45, 7) is 7.54. The summed E-state index contributed by atoms with van der Waals surface area (Å²) in [5.41, 5.74) is 3.73. The zero-order chi connectivity index (χ0) is 12.3. The molecular formula is C15H24N2. The van der Waals surface area contributed by atoms with Gasteiger partial charge in [-0.25, -0.2) is 0 Å². The van der Waals surface area contributed by atoms with E-state index in [0.717, 1.165) is 18.2 Å². The second kappa shape index (κ2) is 5.63. The quantitative estimate of drug-likeness (QED) is 0.840. The third kappa shape index (κ3) is 2.86. The Bertz CT molecular complexity index is 369. The Morgan fingerprint density at radius 3 is 2.65 bits per heavy atom. The van der Waals surface area contributed by atoms with Crippen molar-refractivity contribution >= 4 is 0 Å². The van der Waals surface area contributed by atoms with Crippen LogP contribution in [-0.2, 0) is 0 Å². The van der Waals surface area contributed by atoms with Crippen molar-refractivity contribution < 1.29 is 0 Å². The number of aryl methyl sites for hydroxylation is 2. The molecule has 0 aliphatic heterocycles. The summed E-state index contributed by atoms with van der Waals surface area (Å²) >= 11 is 0. The number of pyridine rings is 1. The lowest BCUT2D eigenvalue weighted by Crippen LogP contribution is -2.33. The molecule has 1 fully saturated rings. The van der Waals surface area contributed by atoms with Gasteiger partial charge in [0.2, 0.25) is 0 Å². The second-order valence-electron chi connectivity index (χ2n) is 5.25. The number of hydrogen-bond acceptors (Lipinski definition) is 2. The first-order valence-electron chi connectivity index (χ1n) is 6.90. The van der Waals surface area contributed by atoms with Gasteiger partial charge in [-0.1, -0.05) is 19.4 Å². The smallest absolute Gasteiger partial charge is 0.0423 e. The van der Waals surface area contributed by atoms with E-state index in [1.165, 1.54) is 36.9 Å². The predicted molar refractivity (Wildman–Crippen MR) is 72.1 cm³/mol. The molecule has 1 saturated carbocycles. The molecule has 0 spiro atoms. The van der Waals surface area contributed by atoms with E-state index in [1.807, 2.05) is 0 Å². The number of aromatic nitrogens is 1. The maximum absolute atomic E-state index is 4.60. The molecule has 1 aliphatic rings. The highest BCUT2D eigenvalue weighted by molar-refractivity contribution is 5.26. The summed E-state index contributed by atoms with van der Waals surface area (Å²) in [4.78, 5) is 4.60. The first-order chi connectivity index (χ1) is 8.22. The number of hydrogen-bond donors (Lipinski definition) is 1. The highest BCUT2D eigenvalue weighted by Crippen LogP contribution is 2.38. The van der Waals surface area contributed by atoms with Crippen molar-refractivity contribution in [2.75, 3.05) is 6.54 Å². The van der Waals surface area contributed by atoms with Crippen LogP contribution in [0.4, 0.5) is 0 Å². The van der Waals surface area contributed by atoms with Crippen molar-refractivity contribution in [3.63, 3.8) is 0 Å². The molecule has 2 nitrogen and oxygen atoms in total. The van der Waals surface area contributed by atoms with Gasteiger partial charge in [0.25, 0.3) is 0 Å². The van der Waals surface area contributed by atoms with Gasteiger partial charge in [0, 0.05) is 17.4 Å². The van der Waals surface area contributed by atoms with Crippen LogP contribution in [0.5, 0.6) is 0 Å². The average Bonchev–Trinajstić information content (AvgIpc) is 2.22. The average molecular weight is 232 g/mol. The zero-order valence-electron chi connectivity index (χ0n) is 11.3. The Hall–Kier alpha value is -0.890. The third-order valence-electron chi connectivity index (χ3n) is 3.84. The molecule has 0 bridgehead atoms. The van der Waals surface area contributed by atoms with E-state index in [9.17, 15) is 0 Å². The molecule has 1 aromatic rings. The largest absolute Gasteiger partial charge is 0.310 e. The fraction of sp³-hybridized carbons (Fsp3) is 0.667. The summed E-state index contributed by atoms with van der Waals surface area (Å²) in [6.07, 6.45) is 5.33. The van der Waals surface area contributed by atoms with Gasteiger partial charge < -0.3 is 5.32 Å². The van der Waals surface area contributed by atoms with Gasteiger partial charge in [-0.05, 0) is 57.2 Å². The summed E-state index contributed by atoms with van der Waals surface area (Å²) in [7, 11) is 0. The summed E-state index contributed by atoms with van der Waals surface area (Å²) in [6, 6.07) is 4.93. The molecule has 0 aromatic carbocycles. The van der Waals surface area contributed by atoms with Crippen molar-refractivity contribution in [1.82, 2.24) is 10.3 Å². The molecule has 1 heterocycles. The van der Waals surface area contributed by atoms with E-state index in [1.54, 1.807) is 0 Å². The van der Waals surface area contributed by atoms with E-state index >= 15 is 0 Å². The molecule has 0 saturated heterocycles. The van der Waals surface area contributed by atoms with Crippen LogP contribution in [-0.4, -0.2) is 11.5 Å². The topological polar surface area (TPSA) is 24.9 Å². The lowest BCUT2D eigenvalue weighted by atomic mass is 9.77. The Balaban J connectivity index is 2.17. The van der Waals surface area contributed by atoms with Gasteiger partial charge in [0.1, 0.15) is 0 Å². The van der Waals surface area contributed by atoms with Gasteiger partial charge in [-0.15, -0.1) is 0 Å². The molecule has 1 N–H and O–H groups in total. The fourth-order valence-electron chi connectivity index (χ4n) is 2.63. The van der Waals surface area contributed by atoms with Crippen molar-refractivity contribution in [2.24, 2.45) is 5.92 Å². The van der Waals surface area contributed by atoms with E-state index in [4.69, 9.17) is 0 Å². The van der Waals surface area contributed by atoms with Gasteiger partial charge in [0.05, 0.1) is 0 Å². The van der Waals surface area contributed by atoms with Crippen LogP contribution in [0, 0.1) is 19.8 Å². The van der Waals surface area contributed by atoms with Crippen LogP contribution in [0.1, 0.15) is 55.6 Å². The minimum atomic E-state index is 0.525. The first kappa shape index (κ1) is 12.6. The van der Waals surface area contributed by atoms with Crippen molar-refractivity contribution in [3.05, 3.63) is 29.1 Å². The summed E-state index contributed by atoms with van der Waals surface area (Å²) < 4.78 is 0. The van der Waals surface area contributed by atoms with Crippen LogP contribution in [0.25, 0.3) is 0 Å². The van der Waals surface area contributed by atoms with Crippen LogP contribution in [0.15, 0.2) is 12.1 Å². The normalized spacial score (nSPS) is 17.8. The Kier molecular flexibility index (Phi) is 4.16. The number of nitrogens with one attached hydrogen (secondary N) is 1. The highest BCUT2D eigenvalue weighted by atomic mass is 14.9. The van der Waals surface area contributed by atoms with E-state index in [-0.39, 0.29) is 0 Å². The summed E-state index contributed by atoms with van der Waals surface area (Å²) in [5.74, 6) is 0.824. The first-order valence-corrected chi connectivity index (χ1v) is 6.90. The molecule has 1 atom stereocenters. The molecule has 1 aliphatic carbocycles. The maximum atomic E-state index is 4.60. The van der Waals surface area contributed by atoms with Crippen LogP contribution < -0.4 is 5.32 Å². The van der Waals surface area contributed by atoms with Crippen LogP contribution >= 0.6 is 0 Å². The fourth-order valence-corrected chi connectivity index (χ4v) is 2.63. The van der Waals surface area contributed by atoms with Crippen LogP contribution in [0.3, 0.4) is 0 Å². The van der Waals surface area contributed by atoms with E-state index in [2.05, 4.69) is 43.2 Å². The SMILES string of the molecule is CCCNC(c1ccc(C)nc1C)C1CCC1. The summed E-state index contributed by atoms with van der Waals surface area (Å²) in [5, 5.41) is 3.71. The molecular weight excluding hydrogens is 208 g/mol. The van der Waals surface area contributed by atoms with Gasteiger partial charge >= 0.3 is 0 Å². The Labute approximate surface area is 105 Å². The predicted octanol–water partition coefficient (Wildman–Crippen LogP) is 3.54. The van der Waals surface area contributed by atoms with Crippen LogP contribution in [0.2, 0.25) is 0 Å². The molecule has 2 rings (SSSR count). The third-order valence-corrected chi connectivity index (χ3v) is 3.84. The molecule has 1 unspecified atom stereocenters. The van der Waals surface area contributed by atoms with Crippen molar-refractivity contribution in [2.45, 2.75) is 52.5 Å². The minimum absolute atomic E-state index is 0.525. The molecule has 1 aromatic heterocycles. The van der Waals surface area contributed by atoms with Crippen molar-refractivity contribution in [1.29, 1.82) is 0 Å².